The summed E-state index contributed by atoms with van der Waals surface area (Å²) in [5, 5.41) is 3.66. The van der Waals surface area contributed by atoms with Crippen LogP contribution in [0.2, 0.25) is 5.02 Å². The van der Waals surface area contributed by atoms with Crippen molar-refractivity contribution in [1.82, 2.24) is 4.98 Å². The molecule has 1 N–H and O–H groups in total. The molecule has 3 nitrogen and oxygen atoms in total. The first kappa shape index (κ1) is 11.0. The predicted octanol–water partition coefficient (Wildman–Crippen LogP) is 3.15. The molecule has 0 radical (unpaired) electrons. The van der Waals surface area contributed by atoms with Crippen LogP contribution in [0, 0.1) is 0 Å². The van der Waals surface area contributed by atoms with E-state index >= 15 is 0 Å². The Balaban J connectivity index is 1.99. The van der Waals surface area contributed by atoms with Gasteiger partial charge in [-0.05, 0) is 24.5 Å². The van der Waals surface area contributed by atoms with Crippen LogP contribution in [0.5, 0.6) is 0 Å². The molecule has 0 amide bonds. The van der Waals surface area contributed by atoms with E-state index in [2.05, 4.69) is 10.3 Å². The molecule has 0 atom stereocenters. The molecule has 0 saturated carbocycles. The monoisotopic (exact) mass is 236 g/mol. The maximum Gasteiger partial charge on any atom is 0.294 e. The topological polar surface area (TPSA) is 38.1 Å². The zero-order valence-corrected chi connectivity index (χ0v) is 9.79. The van der Waals surface area contributed by atoms with Crippen molar-refractivity contribution >= 4 is 17.6 Å². The molecule has 1 aromatic heterocycles. The van der Waals surface area contributed by atoms with Gasteiger partial charge in [0.25, 0.3) is 6.01 Å². The number of aromatic nitrogens is 1. The van der Waals surface area contributed by atoms with Crippen molar-refractivity contribution in [2.45, 2.75) is 12.8 Å². The number of aryl methyl sites for hydroxylation is 2. The fraction of sp³-hybridized carbons (Fsp3) is 0.250. The van der Waals surface area contributed by atoms with E-state index in [1.165, 1.54) is 0 Å². The van der Waals surface area contributed by atoms with E-state index in [0.29, 0.717) is 6.01 Å². The van der Waals surface area contributed by atoms with Crippen LogP contribution in [0.25, 0.3) is 0 Å². The number of oxazole rings is 1. The highest BCUT2D eigenvalue weighted by molar-refractivity contribution is 6.31. The summed E-state index contributed by atoms with van der Waals surface area (Å²) in [5.41, 5.74) is 2.07. The SMILES string of the molecule is CNc1nc(CCc2ccccc2Cl)co1. The Bertz CT molecular complexity index is 468. The minimum Gasteiger partial charge on any atom is -0.432 e. The molecule has 0 saturated heterocycles. The number of nitrogens with one attached hydrogen (secondary N) is 1. The molecule has 84 valence electrons. The van der Waals surface area contributed by atoms with Crippen LogP contribution in [-0.2, 0) is 12.8 Å². The average Bonchev–Trinajstić information content (AvgIpc) is 2.76. The Morgan fingerprint density at radius 2 is 2.12 bits per heavy atom. The average molecular weight is 237 g/mol. The highest BCUT2D eigenvalue weighted by Gasteiger charge is 2.04. The molecule has 0 aliphatic heterocycles. The summed E-state index contributed by atoms with van der Waals surface area (Å²) in [6, 6.07) is 8.40. The Hall–Kier alpha value is -1.48. The van der Waals surface area contributed by atoms with E-state index in [-0.39, 0.29) is 0 Å². The molecule has 16 heavy (non-hydrogen) atoms. The van der Waals surface area contributed by atoms with Crippen molar-refractivity contribution in [1.29, 1.82) is 0 Å². The molecule has 2 rings (SSSR count). The molecule has 0 unspecified atom stereocenters. The van der Waals surface area contributed by atoms with Gasteiger partial charge in [0.05, 0.1) is 5.69 Å². The van der Waals surface area contributed by atoms with Gasteiger partial charge in [-0.1, -0.05) is 29.8 Å². The number of rotatable bonds is 4. The second-order valence-electron chi connectivity index (χ2n) is 3.49. The molecular weight excluding hydrogens is 224 g/mol. The molecule has 4 heteroatoms. The summed E-state index contributed by atoms with van der Waals surface area (Å²) in [6.45, 7) is 0. The maximum atomic E-state index is 6.07. The fourth-order valence-corrected chi connectivity index (χ4v) is 1.73. The number of halogens is 1. The normalized spacial score (nSPS) is 10.4. The summed E-state index contributed by atoms with van der Waals surface area (Å²) in [5.74, 6) is 0. The third kappa shape index (κ3) is 2.55. The van der Waals surface area contributed by atoms with E-state index in [1.807, 2.05) is 24.3 Å². The lowest BCUT2D eigenvalue weighted by Crippen LogP contribution is -1.93. The summed E-state index contributed by atoms with van der Waals surface area (Å²) >= 11 is 6.07. The first-order chi connectivity index (χ1) is 7.79. The van der Waals surface area contributed by atoms with Crippen LogP contribution in [-0.4, -0.2) is 12.0 Å². The van der Waals surface area contributed by atoms with Crippen molar-refractivity contribution in [2.75, 3.05) is 12.4 Å². The van der Waals surface area contributed by atoms with E-state index < -0.39 is 0 Å². The lowest BCUT2D eigenvalue weighted by molar-refractivity contribution is 0.573. The number of benzene rings is 1. The van der Waals surface area contributed by atoms with Crippen molar-refractivity contribution in [3.8, 4) is 0 Å². The zero-order valence-electron chi connectivity index (χ0n) is 9.03. The largest absolute Gasteiger partial charge is 0.432 e. The van der Waals surface area contributed by atoms with E-state index in [0.717, 1.165) is 29.1 Å². The van der Waals surface area contributed by atoms with Crippen molar-refractivity contribution in [2.24, 2.45) is 0 Å². The number of hydrogen-bond acceptors (Lipinski definition) is 3. The molecule has 0 bridgehead atoms. The number of hydrogen-bond donors (Lipinski definition) is 1. The third-order valence-electron chi connectivity index (χ3n) is 2.37. The molecule has 0 spiro atoms. The molecule has 1 aromatic carbocycles. The molecular formula is C12H13ClN2O. The summed E-state index contributed by atoms with van der Waals surface area (Å²) < 4.78 is 5.18. The highest BCUT2D eigenvalue weighted by Crippen LogP contribution is 2.17. The molecule has 2 aromatic rings. The van der Waals surface area contributed by atoms with E-state index in [1.54, 1.807) is 13.3 Å². The van der Waals surface area contributed by atoms with E-state index in [9.17, 15) is 0 Å². The van der Waals surface area contributed by atoms with Gasteiger partial charge in [-0.3, -0.25) is 0 Å². The van der Waals surface area contributed by atoms with Gasteiger partial charge >= 0.3 is 0 Å². The molecule has 0 fully saturated rings. The first-order valence-corrected chi connectivity index (χ1v) is 5.53. The predicted molar refractivity (Wildman–Crippen MR) is 64.9 cm³/mol. The van der Waals surface area contributed by atoms with Gasteiger partial charge in [-0.15, -0.1) is 0 Å². The minimum absolute atomic E-state index is 0.550. The summed E-state index contributed by atoms with van der Waals surface area (Å²) in [4.78, 5) is 4.25. The maximum absolute atomic E-state index is 6.07. The number of anilines is 1. The van der Waals surface area contributed by atoms with E-state index in [4.69, 9.17) is 16.0 Å². The van der Waals surface area contributed by atoms with Crippen LogP contribution in [0.1, 0.15) is 11.3 Å². The molecule has 0 aliphatic rings. The van der Waals surface area contributed by atoms with Crippen LogP contribution in [0.3, 0.4) is 0 Å². The Labute approximate surface area is 99.5 Å². The summed E-state index contributed by atoms with van der Waals surface area (Å²) in [7, 11) is 1.78. The molecule has 1 heterocycles. The van der Waals surface area contributed by atoms with Gasteiger partial charge in [-0.2, -0.15) is 4.98 Å². The lowest BCUT2D eigenvalue weighted by atomic mass is 10.1. The Kier molecular flexibility index (Phi) is 3.47. The first-order valence-electron chi connectivity index (χ1n) is 5.15. The fourth-order valence-electron chi connectivity index (χ4n) is 1.50. The Morgan fingerprint density at radius 3 is 2.81 bits per heavy atom. The zero-order chi connectivity index (χ0) is 11.4. The van der Waals surface area contributed by atoms with Crippen LogP contribution in [0.4, 0.5) is 6.01 Å². The summed E-state index contributed by atoms with van der Waals surface area (Å²) in [6.07, 6.45) is 3.37. The van der Waals surface area contributed by atoms with Gasteiger partial charge in [-0.25, -0.2) is 0 Å². The third-order valence-corrected chi connectivity index (χ3v) is 2.74. The van der Waals surface area contributed by atoms with Gasteiger partial charge in [0.1, 0.15) is 6.26 Å². The second-order valence-corrected chi connectivity index (χ2v) is 3.89. The molecule has 0 aliphatic carbocycles. The van der Waals surface area contributed by atoms with Gasteiger partial charge in [0, 0.05) is 12.1 Å². The van der Waals surface area contributed by atoms with Gasteiger partial charge < -0.3 is 9.73 Å². The quantitative estimate of drug-likeness (QED) is 0.886. The van der Waals surface area contributed by atoms with Crippen LogP contribution < -0.4 is 5.32 Å². The van der Waals surface area contributed by atoms with Crippen LogP contribution in [0.15, 0.2) is 34.9 Å². The van der Waals surface area contributed by atoms with Crippen molar-refractivity contribution < 1.29 is 4.42 Å². The van der Waals surface area contributed by atoms with Crippen LogP contribution >= 0.6 is 11.6 Å². The minimum atomic E-state index is 0.550. The van der Waals surface area contributed by atoms with Gasteiger partial charge in [0.2, 0.25) is 0 Å². The standard InChI is InChI=1S/C12H13ClN2O/c1-14-12-15-10(8-16-12)7-6-9-4-2-3-5-11(9)13/h2-5,8H,6-7H2,1H3,(H,14,15). The van der Waals surface area contributed by atoms with Gasteiger partial charge in [0.15, 0.2) is 0 Å². The Morgan fingerprint density at radius 1 is 1.31 bits per heavy atom. The van der Waals surface area contributed by atoms with Crippen molar-refractivity contribution in [3.05, 3.63) is 46.8 Å². The second kappa shape index (κ2) is 5.03. The smallest absolute Gasteiger partial charge is 0.294 e. The highest BCUT2D eigenvalue weighted by atomic mass is 35.5. The van der Waals surface area contributed by atoms with Crippen molar-refractivity contribution in [3.63, 3.8) is 0 Å². The lowest BCUT2D eigenvalue weighted by Gasteiger charge is -2.01. The number of nitrogens with zero attached hydrogens (tertiary/aromatic N) is 1.